The number of nitrogens with zero attached hydrogens (tertiary/aromatic N) is 1. The first-order chi connectivity index (χ1) is 14.6. The van der Waals surface area contributed by atoms with Crippen LogP contribution in [0, 0.1) is 6.92 Å². The number of benzene rings is 3. The Morgan fingerprint density at radius 3 is 2.37 bits per heavy atom. The van der Waals surface area contributed by atoms with Crippen LogP contribution in [0.5, 0.6) is 0 Å². The van der Waals surface area contributed by atoms with Gasteiger partial charge in [0.05, 0.1) is 5.56 Å². The number of carbonyl (C=O) groups is 2. The fourth-order valence-electron chi connectivity index (χ4n) is 3.20. The van der Waals surface area contributed by atoms with Crippen molar-refractivity contribution in [3.8, 4) is 10.6 Å². The van der Waals surface area contributed by atoms with E-state index in [1.165, 1.54) is 0 Å². The van der Waals surface area contributed by atoms with Gasteiger partial charge in [-0.25, -0.2) is 4.98 Å². The van der Waals surface area contributed by atoms with Crippen LogP contribution in [0.2, 0.25) is 0 Å². The number of aromatic nitrogens is 1. The summed E-state index contributed by atoms with van der Waals surface area (Å²) in [5, 5.41) is 5.91. The largest absolute Gasteiger partial charge is 0.348 e. The molecule has 1 heterocycles. The second-order valence-electron chi connectivity index (χ2n) is 6.92. The standard InChI is InChI=1S/C25H20N2O2S/c1-17-16-30-25(27-17)20-11-7-8-18(14-20)15-26-24(29)22-13-6-5-12-21(22)23(28)19-9-3-2-4-10-19/h2-14,16H,15H2,1H3,(H,26,29). The summed E-state index contributed by atoms with van der Waals surface area (Å²) in [4.78, 5) is 30.2. The van der Waals surface area contributed by atoms with Crippen molar-refractivity contribution in [1.29, 1.82) is 0 Å². The molecular weight excluding hydrogens is 392 g/mol. The first kappa shape index (κ1) is 19.7. The molecule has 4 nitrogen and oxygen atoms in total. The summed E-state index contributed by atoms with van der Waals surface area (Å²) in [6.45, 7) is 2.34. The molecule has 1 amide bonds. The third kappa shape index (κ3) is 4.36. The summed E-state index contributed by atoms with van der Waals surface area (Å²) in [7, 11) is 0. The molecular formula is C25H20N2O2S. The molecule has 0 bridgehead atoms. The smallest absolute Gasteiger partial charge is 0.252 e. The highest BCUT2D eigenvalue weighted by atomic mass is 32.1. The first-order valence-corrected chi connectivity index (χ1v) is 10.5. The Kier molecular flexibility index (Phi) is 5.82. The van der Waals surface area contributed by atoms with E-state index in [9.17, 15) is 9.59 Å². The minimum atomic E-state index is -0.273. The second kappa shape index (κ2) is 8.84. The van der Waals surface area contributed by atoms with Gasteiger partial charge in [0.25, 0.3) is 5.91 Å². The molecule has 0 aliphatic carbocycles. The molecule has 0 aliphatic heterocycles. The van der Waals surface area contributed by atoms with Gasteiger partial charge in [-0.05, 0) is 24.6 Å². The molecule has 0 atom stereocenters. The van der Waals surface area contributed by atoms with Crippen LogP contribution in [-0.2, 0) is 6.54 Å². The Morgan fingerprint density at radius 1 is 0.900 bits per heavy atom. The van der Waals surface area contributed by atoms with Gasteiger partial charge in [-0.1, -0.05) is 66.7 Å². The SMILES string of the molecule is Cc1csc(-c2cccc(CNC(=O)c3ccccc3C(=O)c3ccccc3)c2)n1. The quantitative estimate of drug-likeness (QED) is 0.438. The molecule has 0 spiro atoms. The Bertz CT molecular complexity index is 1200. The zero-order chi connectivity index (χ0) is 20.9. The number of ketones is 1. The summed E-state index contributed by atoms with van der Waals surface area (Å²) < 4.78 is 0. The van der Waals surface area contributed by atoms with Crippen molar-refractivity contribution >= 4 is 23.0 Å². The van der Waals surface area contributed by atoms with Crippen LogP contribution in [0.15, 0.2) is 84.2 Å². The lowest BCUT2D eigenvalue weighted by Gasteiger charge is -2.10. The van der Waals surface area contributed by atoms with E-state index < -0.39 is 0 Å². The van der Waals surface area contributed by atoms with Gasteiger partial charge in [-0.2, -0.15) is 0 Å². The number of amides is 1. The van der Waals surface area contributed by atoms with E-state index >= 15 is 0 Å². The Labute approximate surface area is 179 Å². The number of rotatable bonds is 6. The molecule has 1 aromatic heterocycles. The van der Waals surface area contributed by atoms with Crippen molar-refractivity contribution in [3.05, 3.63) is 112 Å². The van der Waals surface area contributed by atoms with Crippen molar-refractivity contribution in [1.82, 2.24) is 10.3 Å². The normalized spacial score (nSPS) is 10.6. The van der Waals surface area contributed by atoms with Crippen molar-refractivity contribution in [2.24, 2.45) is 0 Å². The highest BCUT2D eigenvalue weighted by molar-refractivity contribution is 7.13. The van der Waals surface area contributed by atoms with E-state index in [4.69, 9.17) is 0 Å². The van der Waals surface area contributed by atoms with Crippen LogP contribution in [-0.4, -0.2) is 16.7 Å². The lowest BCUT2D eigenvalue weighted by Crippen LogP contribution is -2.25. The summed E-state index contributed by atoms with van der Waals surface area (Å²) in [5.41, 5.74) is 4.32. The minimum absolute atomic E-state index is 0.164. The molecule has 4 aromatic rings. The van der Waals surface area contributed by atoms with Gasteiger partial charge in [-0.3, -0.25) is 9.59 Å². The molecule has 4 rings (SSSR count). The van der Waals surface area contributed by atoms with Crippen molar-refractivity contribution in [3.63, 3.8) is 0 Å². The zero-order valence-electron chi connectivity index (χ0n) is 16.5. The van der Waals surface area contributed by atoms with Gasteiger partial charge in [0.15, 0.2) is 5.78 Å². The third-order valence-corrected chi connectivity index (χ3v) is 5.71. The molecule has 0 aliphatic rings. The molecule has 3 aromatic carbocycles. The predicted molar refractivity (Wildman–Crippen MR) is 120 cm³/mol. The van der Waals surface area contributed by atoms with Crippen LogP contribution in [0.4, 0.5) is 0 Å². The predicted octanol–water partition coefficient (Wildman–Crippen LogP) is 5.28. The lowest BCUT2D eigenvalue weighted by atomic mass is 9.98. The average molecular weight is 413 g/mol. The molecule has 0 fully saturated rings. The van der Waals surface area contributed by atoms with Crippen LogP contribution < -0.4 is 5.32 Å². The molecule has 5 heteroatoms. The van der Waals surface area contributed by atoms with Crippen molar-refractivity contribution in [2.45, 2.75) is 13.5 Å². The molecule has 1 N–H and O–H groups in total. The summed E-state index contributed by atoms with van der Waals surface area (Å²) in [6.07, 6.45) is 0. The van der Waals surface area contributed by atoms with Gasteiger partial charge in [0.2, 0.25) is 0 Å². The number of hydrogen-bond donors (Lipinski definition) is 1. The fourth-order valence-corrected chi connectivity index (χ4v) is 4.00. The molecule has 30 heavy (non-hydrogen) atoms. The lowest BCUT2D eigenvalue weighted by molar-refractivity contribution is 0.0939. The summed E-state index contributed by atoms with van der Waals surface area (Å²) >= 11 is 1.60. The van der Waals surface area contributed by atoms with Crippen LogP contribution >= 0.6 is 11.3 Å². The molecule has 0 unspecified atom stereocenters. The van der Waals surface area contributed by atoms with E-state index in [0.29, 0.717) is 23.2 Å². The van der Waals surface area contributed by atoms with Crippen molar-refractivity contribution < 1.29 is 9.59 Å². The Morgan fingerprint density at radius 2 is 1.63 bits per heavy atom. The Hall–Kier alpha value is -3.57. The number of hydrogen-bond acceptors (Lipinski definition) is 4. The second-order valence-corrected chi connectivity index (χ2v) is 7.78. The van der Waals surface area contributed by atoms with E-state index in [0.717, 1.165) is 21.8 Å². The average Bonchev–Trinajstić information content (AvgIpc) is 3.24. The summed E-state index contributed by atoms with van der Waals surface area (Å²) in [6, 6.07) is 23.9. The highest BCUT2D eigenvalue weighted by Gasteiger charge is 2.17. The monoisotopic (exact) mass is 412 g/mol. The fraction of sp³-hybridized carbons (Fsp3) is 0.0800. The molecule has 148 valence electrons. The number of thiazole rings is 1. The van der Waals surface area contributed by atoms with Crippen molar-refractivity contribution in [2.75, 3.05) is 0 Å². The summed E-state index contributed by atoms with van der Waals surface area (Å²) in [5.74, 6) is -0.437. The number of nitrogens with one attached hydrogen (secondary N) is 1. The van der Waals surface area contributed by atoms with Crippen LogP contribution in [0.25, 0.3) is 10.6 Å². The Balaban J connectivity index is 1.51. The maximum atomic E-state index is 12.9. The van der Waals surface area contributed by atoms with E-state index in [1.807, 2.05) is 54.8 Å². The topological polar surface area (TPSA) is 59.1 Å². The number of aryl methyl sites for hydroxylation is 1. The minimum Gasteiger partial charge on any atom is -0.348 e. The maximum Gasteiger partial charge on any atom is 0.252 e. The van der Waals surface area contributed by atoms with E-state index in [1.54, 1.807) is 47.7 Å². The zero-order valence-corrected chi connectivity index (χ0v) is 17.3. The van der Waals surface area contributed by atoms with Gasteiger partial charge < -0.3 is 5.32 Å². The first-order valence-electron chi connectivity index (χ1n) is 9.60. The molecule has 0 radical (unpaired) electrons. The molecule has 0 saturated heterocycles. The van der Waals surface area contributed by atoms with Crippen LogP contribution in [0.1, 0.15) is 37.5 Å². The molecule has 0 saturated carbocycles. The third-order valence-electron chi connectivity index (χ3n) is 4.70. The van der Waals surface area contributed by atoms with Gasteiger partial charge >= 0.3 is 0 Å². The highest BCUT2D eigenvalue weighted by Crippen LogP contribution is 2.24. The van der Waals surface area contributed by atoms with Gasteiger partial charge in [-0.15, -0.1) is 11.3 Å². The maximum absolute atomic E-state index is 12.9. The van der Waals surface area contributed by atoms with Gasteiger partial charge in [0.1, 0.15) is 5.01 Å². The van der Waals surface area contributed by atoms with Crippen LogP contribution in [0.3, 0.4) is 0 Å². The van der Waals surface area contributed by atoms with E-state index in [-0.39, 0.29) is 11.7 Å². The number of carbonyl (C=O) groups excluding carboxylic acids is 2. The van der Waals surface area contributed by atoms with E-state index in [2.05, 4.69) is 10.3 Å². The van der Waals surface area contributed by atoms with Gasteiger partial charge in [0, 0.05) is 34.3 Å².